The first kappa shape index (κ1) is 32.7. The molecule has 0 fully saturated rings. The van der Waals surface area contributed by atoms with Gasteiger partial charge >= 0.3 is 0 Å². The van der Waals surface area contributed by atoms with Gasteiger partial charge in [-0.3, -0.25) is 0 Å². The van der Waals surface area contributed by atoms with Crippen LogP contribution in [0.3, 0.4) is 0 Å². The van der Waals surface area contributed by atoms with Gasteiger partial charge < -0.3 is 9.80 Å². The lowest BCUT2D eigenvalue weighted by atomic mass is 10.0. The van der Waals surface area contributed by atoms with Crippen molar-refractivity contribution >= 4 is 76.4 Å². The number of thiophene rings is 1. The molecule has 0 amide bonds. The highest BCUT2D eigenvalue weighted by Crippen LogP contribution is 2.53. The zero-order valence-electron chi connectivity index (χ0n) is 30.1. The summed E-state index contributed by atoms with van der Waals surface area (Å²) in [5.74, 6) is 0. The molecule has 10 rings (SSSR count). The molecule has 260 valence electrons. The van der Waals surface area contributed by atoms with Gasteiger partial charge in [0.1, 0.15) is 0 Å². The van der Waals surface area contributed by atoms with Crippen molar-refractivity contribution in [1.29, 1.82) is 0 Å². The average Bonchev–Trinajstić information content (AvgIpc) is 3.63. The summed E-state index contributed by atoms with van der Waals surface area (Å²) >= 11 is 1.87. The molecule has 0 radical (unpaired) electrons. The Hall–Kier alpha value is -6.94. The molecular formula is C52H36N2S. The second-order valence-electron chi connectivity index (χ2n) is 13.8. The predicted molar refractivity (Wildman–Crippen MR) is 237 cm³/mol. The molecule has 9 aromatic carbocycles. The van der Waals surface area contributed by atoms with Gasteiger partial charge in [-0.2, -0.15) is 0 Å². The number of rotatable bonds is 8. The molecule has 0 aliphatic rings. The Morgan fingerprint density at radius 3 is 1.27 bits per heavy atom. The predicted octanol–water partition coefficient (Wildman–Crippen LogP) is 15.5. The van der Waals surface area contributed by atoms with E-state index in [0.717, 1.165) is 34.1 Å². The van der Waals surface area contributed by atoms with Crippen LogP contribution >= 0.6 is 11.3 Å². The largest absolute Gasteiger partial charge is 0.308 e. The molecule has 0 saturated carbocycles. The second-order valence-corrected chi connectivity index (χ2v) is 14.8. The number of para-hydroxylation sites is 2. The molecule has 0 unspecified atom stereocenters. The number of anilines is 6. The third-order valence-corrected chi connectivity index (χ3v) is 11.6. The molecule has 0 aliphatic heterocycles. The molecule has 0 bridgehead atoms. The highest BCUT2D eigenvalue weighted by Gasteiger charge is 2.26. The van der Waals surface area contributed by atoms with Crippen LogP contribution in [0.15, 0.2) is 218 Å². The minimum atomic E-state index is 1.09. The van der Waals surface area contributed by atoms with Gasteiger partial charge in [-0.15, -0.1) is 11.3 Å². The molecular weight excluding hydrogens is 685 g/mol. The minimum Gasteiger partial charge on any atom is -0.308 e. The number of nitrogens with zero attached hydrogens (tertiary/aromatic N) is 2. The monoisotopic (exact) mass is 720 g/mol. The smallest absolute Gasteiger partial charge is 0.0883 e. The minimum absolute atomic E-state index is 1.09. The van der Waals surface area contributed by atoms with Gasteiger partial charge in [0.2, 0.25) is 0 Å². The standard InChI is InChI=1S/C52H36N2S/c1-5-15-37(16-6-1)39-25-29-45(30-26-39)53(43-21-9-3-10-22-43)49-34-33-47-48-35-41-19-13-14-20-42(41)36-50(48)55-52(47)51(49)54(44-23-11-4-12-24-44)46-31-27-40(28-32-46)38-17-7-2-8-18-38/h1-36H. The molecule has 2 nitrogen and oxygen atoms in total. The third-order valence-electron chi connectivity index (χ3n) is 10.4. The maximum Gasteiger partial charge on any atom is 0.0883 e. The molecule has 0 atom stereocenters. The molecule has 0 saturated heterocycles. The number of fused-ring (bicyclic) bond motifs is 4. The highest BCUT2D eigenvalue weighted by molar-refractivity contribution is 7.26. The van der Waals surface area contributed by atoms with Crippen molar-refractivity contribution in [3.63, 3.8) is 0 Å². The van der Waals surface area contributed by atoms with E-state index in [-0.39, 0.29) is 0 Å². The Bertz CT molecular complexity index is 2890. The number of hydrogen-bond donors (Lipinski definition) is 0. The van der Waals surface area contributed by atoms with E-state index >= 15 is 0 Å². The van der Waals surface area contributed by atoms with Crippen LogP contribution in [0.1, 0.15) is 0 Å². The van der Waals surface area contributed by atoms with Crippen molar-refractivity contribution < 1.29 is 0 Å². The van der Waals surface area contributed by atoms with E-state index < -0.39 is 0 Å². The van der Waals surface area contributed by atoms with Gasteiger partial charge in [0.25, 0.3) is 0 Å². The topological polar surface area (TPSA) is 6.48 Å². The van der Waals surface area contributed by atoms with Crippen molar-refractivity contribution in [2.45, 2.75) is 0 Å². The second kappa shape index (κ2) is 14.1. The molecule has 1 aromatic heterocycles. The van der Waals surface area contributed by atoms with Crippen molar-refractivity contribution in [3.8, 4) is 22.3 Å². The molecule has 10 aromatic rings. The molecule has 0 spiro atoms. The lowest BCUT2D eigenvalue weighted by Gasteiger charge is -2.33. The quantitative estimate of drug-likeness (QED) is 0.154. The summed E-state index contributed by atoms with van der Waals surface area (Å²) in [4.78, 5) is 4.87. The summed E-state index contributed by atoms with van der Waals surface area (Å²) in [6.07, 6.45) is 0. The summed E-state index contributed by atoms with van der Waals surface area (Å²) in [6, 6.07) is 78.8. The molecule has 55 heavy (non-hydrogen) atoms. The van der Waals surface area contributed by atoms with E-state index in [2.05, 4.69) is 228 Å². The normalized spacial score (nSPS) is 11.3. The van der Waals surface area contributed by atoms with E-state index in [9.17, 15) is 0 Å². The SMILES string of the molecule is c1ccc(-c2ccc(N(c3ccccc3)c3ccc4c(sc5cc6ccccc6cc54)c3N(c3ccccc3)c3ccc(-c4ccccc4)cc3)cc2)cc1. The summed E-state index contributed by atoms with van der Waals surface area (Å²) in [5, 5.41) is 5.03. The summed E-state index contributed by atoms with van der Waals surface area (Å²) < 4.78 is 2.51. The fourth-order valence-electron chi connectivity index (χ4n) is 7.75. The summed E-state index contributed by atoms with van der Waals surface area (Å²) in [6.45, 7) is 0. The lowest BCUT2D eigenvalue weighted by molar-refractivity contribution is 1.24. The van der Waals surface area contributed by atoms with Crippen LogP contribution in [-0.2, 0) is 0 Å². The fraction of sp³-hybridized carbons (Fsp3) is 0. The van der Waals surface area contributed by atoms with Crippen molar-refractivity contribution in [2.75, 3.05) is 9.80 Å². The maximum absolute atomic E-state index is 2.45. The van der Waals surface area contributed by atoms with E-state index in [4.69, 9.17) is 0 Å². The van der Waals surface area contributed by atoms with Gasteiger partial charge in [0, 0.05) is 38.2 Å². The average molecular weight is 721 g/mol. The molecule has 0 N–H and O–H groups in total. The molecule has 0 aliphatic carbocycles. The Morgan fingerprint density at radius 2 is 0.727 bits per heavy atom. The zero-order valence-corrected chi connectivity index (χ0v) is 30.9. The van der Waals surface area contributed by atoms with Crippen LogP contribution in [0.4, 0.5) is 34.1 Å². The van der Waals surface area contributed by atoms with E-state index in [1.165, 1.54) is 53.2 Å². The van der Waals surface area contributed by atoms with Crippen molar-refractivity contribution in [1.82, 2.24) is 0 Å². The Morgan fingerprint density at radius 1 is 0.309 bits per heavy atom. The lowest BCUT2D eigenvalue weighted by Crippen LogP contribution is -2.17. The van der Waals surface area contributed by atoms with E-state index in [0.29, 0.717) is 0 Å². The number of benzene rings is 9. The van der Waals surface area contributed by atoms with Crippen LogP contribution in [-0.4, -0.2) is 0 Å². The van der Waals surface area contributed by atoms with Crippen LogP contribution in [0.25, 0.3) is 53.2 Å². The fourth-order valence-corrected chi connectivity index (χ4v) is 9.02. The zero-order chi connectivity index (χ0) is 36.6. The van der Waals surface area contributed by atoms with Crippen LogP contribution in [0.2, 0.25) is 0 Å². The summed E-state index contributed by atoms with van der Waals surface area (Å²) in [5.41, 5.74) is 11.4. The van der Waals surface area contributed by atoms with Gasteiger partial charge in [-0.05, 0) is 99.8 Å². The van der Waals surface area contributed by atoms with Gasteiger partial charge in [-0.1, -0.05) is 152 Å². The highest BCUT2D eigenvalue weighted by atomic mass is 32.1. The third kappa shape index (κ3) is 6.11. The maximum atomic E-state index is 2.45. The van der Waals surface area contributed by atoms with E-state index in [1.54, 1.807) is 0 Å². The summed E-state index contributed by atoms with van der Waals surface area (Å²) in [7, 11) is 0. The van der Waals surface area contributed by atoms with Crippen LogP contribution < -0.4 is 9.80 Å². The Kier molecular flexibility index (Phi) is 8.40. The van der Waals surface area contributed by atoms with Gasteiger partial charge in [0.05, 0.1) is 16.1 Å². The van der Waals surface area contributed by atoms with Crippen LogP contribution in [0.5, 0.6) is 0 Å². The number of hydrogen-bond acceptors (Lipinski definition) is 3. The van der Waals surface area contributed by atoms with Gasteiger partial charge in [0.15, 0.2) is 0 Å². The Balaban J connectivity index is 1.26. The van der Waals surface area contributed by atoms with E-state index in [1.807, 2.05) is 11.3 Å². The van der Waals surface area contributed by atoms with Crippen LogP contribution in [0, 0.1) is 0 Å². The van der Waals surface area contributed by atoms with Crippen molar-refractivity contribution in [3.05, 3.63) is 218 Å². The van der Waals surface area contributed by atoms with Crippen molar-refractivity contribution in [2.24, 2.45) is 0 Å². The Labute approximate surface area is 325 Å². The molecule has 1 heterocycles. The first-order valence-electron chi connectivity index (χ1n) is 18.7. The first-order valence-corrected chi connectivity index (χ1v) is 19.5. The first-order chi connectivity index (χ1) is 27.3. The molecule has 3 heteroatoms. The van der Waals surface area contributed by atoms with Gasteiger partial charge in [-0.25, -0.2) is 0 Å².